The van der Waals surface area contributed by atoms with E-state index in [4.69, 9.17) is 5.73 Å². The quantitative estimate of drug-likeness (QED) is 0.782. The molecule has 0 saturated carbocycles. The van der Waals surface area contributed by atoms with Crippen LogP contribution in [0.3, 0.4) is 0 Å². The van der Waals surface area contributed by atoms with Crippen molar-refractivity contribution < 1.29 is 18.0 Å². The molecule has 1 saturated heterocycles. The molecule has 7 heteroatoms. The van der Waals surface area contributed by atoms with Crippen LogP contribution in [0.2, 0.25) is 0 Å². The van der Waals surface area contributed by atoms with E-state index in [0.717, 1.165) is 12.8 Å². The Balaban J connectivity index is 2.53. The summed E-state index contributed by atoms with van der Waals surface area (Å²) >= 11 is 0. The molecule has 1 amide bonds. The summed E-state index contributed by atoms with van der Waals surface area (Å²) in [6.07, 6.45) is -2.00. The van der Waals surface area contributed by atoms with Crippen LogP contribution in [0.1, 0.15) is 40.0 Å². The van der Waals surface area contributed by atoms with Crippen LogP contribution < -0.4 is 5.73 Å². The predicted molar refractivity (Wildman–Crippen MR) is 80.4 cm³/mol. The van der Waals surface area contributed by atoms with Crippen LogP contribution in [-0.2, 0) is 4.79 Å². The summed E-state index contributed by atoms with van der Waals surface area (Å²) in [7, 11) is 0. The minimum absolute atomic E-state index is 0.0867. The average molecular weight is 323 g/mol. The van der Waals surface area contributed by atoms with E-state index in [9.17, 15) is 18.0 Å². The van der Waals surface area contributed by atoms with Gasteiger partial charge in [-0.2, -0.15) is 13.2 Å². The third-order valence-corrected chi connectivity index (χ3v) is 4.20. The minimum Gasteiger partial charge on any atom is -0.341 e. The summed E-state index contributed by atoms with van der Waals surface area (Å²) in [5.41, 5.74) is 5.18. The van der Waals surface area contributed by atoms with Gasteiger partial charge in [0.05, 0.1) is 12.1 Å². The molecular weight excluding hydrogens is 295 g/mol. The van der Waals surface area contributed by atoms with Crippen molar-refractivity contribution in [1.82, 2.24) is 9.80 Å². The van der Waals surface area contributed by atoms with Gasteiger partial charge in [-0.15, -0.1) is 0 Å². The molecule has 4 nitrogen and oxygen atoms in total. The maximum Gasteiger partial charge on any atom is 0.401 e. The zero-order valence-corrected chi connectivity index (χ0v) is 13.7. The first-order valence-corrected chi connectivity index (χ1v) is 7.96. The van der Waals surface area contributed by atoms with Gasteiger partial charge in [-0.1, -0.05) is 20.3 Å². The monoisotopic (exact) mass is 323 g/mol. The van der Waals surface area contributed by atoms with E-state index in [1.54, 1.807) is 18.7 Å². The molecule has 130 valence electrons. The van der Waals surface area contributed by atoms with Crippen LogP contribution in [0.15, 0.2) is 0 Å². The summed E-state index contributed by atoms with van der Waals surface area (Å²) < 4.78 is 37.5. The van der Waals surface area contributed by atoms with Crippen molar-refractivity contribution in [3.05, 3.63) is 0 Å². The lowest BCUT2D eigenvalue weighted by Crippen LogP contribution is -2.52. The molecule has 1 fully saturated rings. The summed E-state index contributed by atoms with van der Waals surface area (Å²) in [5, 5.41) is 0. The number of carbonyl (C=O) groups is 1. The van der Waals surface area contributed by atoms with Gasteiger partial charge in [0.1, 0.15) is 0 Å². The number of nitrogens with zero attached hydrogens (tertiary/aromatic N) is 2. The van der Waals surface area contributed by atoms with Crippen LogP contribution in [0.5, 0.6) is 0 Å². The fourth-order valence-corrected chi connectivity index (χ4v) is 3.08. The first-order chi connectivity index (χ1) is 10.1. The predicted octanol–water partition coefficient (Wildman–Crippen LogP) is 2.24. The first-order valence-electron chi connectivity index (χ1n) is 7.96. The van der Waals surface area contributed by atoms with Crippen molar-refractivity contribution in [1.29, 1.82) is 0 Å². The Kier molecular flexibility index (Phi) is 6.67. The summed E-state index contributed by atoms with van der Waals surface area (Å²) in [4.78, 5) is 15.5. The number of hydrogen-bond acceptors (Lipinski definition) is 3. The second-order valence-electron chi connectivity index (χ2n) is 6.52. The Morgan fingerprint density at radius 2 is 2.00 bits per heavy atom. The molecular formula is C15H28F3N3O. The third kappa shape index (κ3) is 5.76. The normalized spacial score (nSPS) is 22.2. The number of carbonyl (C=O) groups excluding carboxylic acids is 1. The molecule has 2 unspecified atom stereocenters. The number of alkyl halides is 3. The van der Waals surface area contributed by atoms with E-state index in [1.807, 2.05) is 6.92 Å². The van der Waals surface area contributed by atoms with Gasteiger partial charge in [0.15, 0.2) is 0 Å². The van der Waals surface area contributed by atoms with Gasteiger partial charge in [-0.25, -0.2) is 0 Å². The zero-order valence-electron chi connectivity index (χ0n) is 13.7. The Morgan fingerprint density at radius 3 is 2.50 bits per heavy atom. The molecule has 0 radical (unpaired) electrons. The van der Waals surface area contributed by atoms with Crippen LogP contribution in [0.25, 0.3) is 0 Å². The van der Waals surface area contributed by atoms with Crippen molar-refractivity contribution in [2.24, 2.45) is 11.7 Å². The van der Waals surface area contributed by atoms with E-state index in [2.05, 4.69) is 0 Å². The van der Waals surface area contributed by atoms with E-state index in [0.29, 0.717) is 32.6 Å². The summed E-state index contributed by atoms with van der Waals surface area (Å²) in [6.45, 7) is 6.35. The zero-order chi connectivity index (χ0) is 17.0. The van der Waals surface area contributed by atoms with E-state index in [-0.39, 0.29) is 11.8 Å². The van der Waals surface area contributed by atoms with Gasteiger partial charge >= 0.3 is 6.18 Å². The fourth-order valence-electron chi connectivity index (χ4n) is 3.08. The summed E-state index contributed by atoms with van der Waals surface area (Å²) in [6, 6.07) is 0. The number of halogens is 3. The Labute approximate surface area is 130 Å². The fraction of sp³-hybridized carbons (Fsp3) is 0.933. The molecule has 0 aromatic rings. The minimum atomic E-state index is -4.18. The molecule has 0 aromatic carbocycles. The van der Waals surface area contributed by atoms with Gasteiger partial charge in [0.2, 0.25) is 5.91 Å². The number of hydrogen-bond donors (Lipinski definition) is 1. The largest absolute Gasteiger partial charge is 0.401 e. The van der Waals surface area contributed by atoms with Crippen LogP contribution in [0, 0.1) is 5.92 Å². The van der Waals surface area contributed by atoms with Crippen molar-refractivity contribution in [2.45, 2.75) is 51.7 Å². The van der Waals surface area contributed by atoms with Crippen LogP contribution in [-0.4, -0.2) is 60.1 Å². The standard InChI is InChI=1S/C15H28F3N3O/c1-4-7-14(3,19)13(22)21-8-6-12(10-21)9-20(5-2)11-15(16,17)18/h12H,4-11,19H2,1-3H3. The van der Waals surface area contributed by atoms with Gasteiger partial charge in [0.25, 0.3) is 0 Å². The molecule has 0 spiro atoms. The SMILES string of the molecule is CCCC(C)(N)C(=O)N1CCC(CN(CC)CC(F)(F)F)C1. The maximum atomic E-state index is 12.5. The lowest BCUT2D eigenvalue weighted by atomic mass is 9.96. The van der Waals surface area contributed by atoms with Crippen LogP contribution in [0.4, 0.5) is 13.2 Å². The molecule has 2 N–H and O–H groups in total. The van der Waals surface area contributed by atoms with Crippen molar-refractivity contribution in [3.8, 4) is 0 Å². The topological polar surface area (TPSA) is 49.6 Å². The Morgan fingerprint density at radius 1 is 1.36 bits per heavy atom. The molecule has 22 heavy (non-hydrogen) atoms. The second-order valence-corrected chi connectivity index (χ2v) is 6.52. The van der Waals surface area contributed by atoms with Gasteiger partial charge in [-0.05, 0) is 32.2 Å². The Hall–Kier alpha value is -0.820. The average Bonchev–Trinajstić information content (AvgIpc) is 2.83. The molecule has 1 aliphatic rings. The highest BCUT2D eigenvalue weighted by Crippen LogP contribution is 2.23. The molecule has 0 aromatic heterocycles. The van der Waals surface area contributed by atoms with Crippen LogP contribution >= 0.6 is 0 Å². The van der Waals surface area contributed by atoms with Gasteiger partial charge in [-0.3, -0.25) is 9.69 Å². The highest BCUT2D eigenvalue weighted by molar-refractivity contribution is 5.85. The number of amides is 1. The Bertz CT molecular complexity index is 372. The molecule has 0 aliphatic carbocycles. The lowest BCUT2D eigenvalue weighted by Gasteiger charge is -2.29. The lowest BCUT2D eigenvalue weighted by molar-refractivity contribution is -0.147. The van der Waals surface area contributed by atoms with Gasteiger partial charge in [0, 0.05) is 19.6 Å². The highest BCUT2D eigenvalue weighted by atomic mass is 19.4. The van der Waals surface area contributed by atoms with Crippen molar-refractivity contribution in [3.63, 3.8) is 0 Å². The van der Waals surface area contributed by atoms with Crippen molar-refractivity contribution in [2.75, 3.05) is 32.7 Å². The van der Waals surface area contributed by atoms with Gasteiger partial charge < -0.3 is 10.6 Å². The second kappa shape index (κ2) is 7.64. The summed E-state index contributed by atoms with van der Waals surface area (Å²) in [5.74, 6) is -0.000559. The smallest absolute Gasteiger partial charge is 0.341 e. The first kappa shape index (κ1) is 19.2. The molecule has 1 aliphatic heterocycles. The van der Waals surface area contributed by atoms with E-state index in [1.165, 1.54) is 4.90 Å². The maximum absolute atomic E-state index is 12.5. The number of nitrogens with two attached hydrogens (primary N) is 1. The molecule has 2 atom stereocenters. The van der Waals surface area contributed by atoms with E-state index >= 15 is 0 Å². The third-order valence-electron chi connectivity index (χ3n) is 4.20. The molecule has 1 heterocycles. The molecule has 0 bridgehead atoms. The van der Waals surface area contributed by atoms with Crippen molar-refractivity contribution >= 4 is 5.91 Å². The number of likely N-dealkylation sites (tertiary alicyclic amines) is 1. The number of rotatable bonds is 7. The highest BCUT2D eigenvalue weighted by Gasteiger charge is 2.37. The molecule has 1 rings (SSSR count). The van der Waals surface area contributed by atoms with E-state index < -0.39 is 18.3 Å².